The van der Waals surface area contributed by atoms with Gasteiger partial charge in [-0.1, -0.05) is 39.0 Å². The minimum absolute atomic E-state index is 0. The van der Waals surface area contributed by atoms with Crippen LogP contribution in [0.15, 0.2) is 52.4 Å². The van der Waals surface area contributed by atoms with Crippen LogP contribution in [0.4, 0.5) is 5.69 Å². The van der Waals surface area contributed by atoms with E-state index in [1.807, 2.05) is 38.1 Å². The second-order valence-electron chi connectivity index (χ2n) is 7.86. The van der Waals surface area contributed by atoms with Gasteiger partial charge in [-0.2, -0.15) is 0 Å². The van der Waals surface area contributed by atoms with E-state index in [-0.39, 0.29) is 47.6 Å². The van der Waals surface area contributed by atoms with Crippen LogP contribution in [0.3, 0.4) is 0 Å². The van der Waals surface area contributed by atoms with E-state index >= 15 is 0 Å². The van der Waals surface area contributed by atoms with Crippen molar-refractivity contribution in [2.24, 2.45) is 10.7 Å². The van der Waals surface area contributed by atoms with Gasteiger partial charge in [0.25, 0.3) is 0 Å². The van der Waals surface area contributed by atoms with Crippen molar-refractivity contribution >= 4 is 45.5 Å². The second kappa shape index (κ2) is 9.73. The predicted molar refractivity (Wildman–Crippen MR) is 129 cm³/mol. The van der Waals surface area contributed by atoms with Gasteiger partial charge in [0.1, 0.15) is 0 Å². The smallest absolute Gasteiger partial charge is 0.193 e. The molecule has 0 fully saturated rings. The first kappa shape index (κ1) is 24.4. The fourth-order valence-corrected chi connectivity index (χ4v) is 3.92. The first-order chi connectivity index (χ1) is 12.5. The Hall–Kier alpha value is -1.61. The van der Waals surface area contributed by atoms with E-state index in [2.05, 4.69) is 37.1 Å². The summed E-state index contributed by atoms with van der Waals surface area (Å²) in [5.41, 5.74) is 10.0. The number of halogens is 1. The fourth-order valence-electron chi connectivity index (χ4n) is 2.80. The van der Waals surface area contributed by atoms with Crippen LogP contribution in [0.25, 0.3) is 0 Å². The number of sulfone groups is 1. The Morgan fingerprint density at radius 3 is 2.07 bits per heavy atom. The monoisotopic (exact) mass is 515 g/mol. The molecule has 7 heteroatoms. The number of benzene rings is 2. The third kappa shape index (κ3) is 7.09. The SMILES string of the molecule is Cc1cc(C)cc(NC(N)=NCCS(=O)(=O)c2ccc(C(C)(C)C)cc2)c1.I. The average Bonchev–Trinajstić information content (AvgIpc) is 2.53. The topological polar surface area (TPSA) is 84.5 Å². The minimum Gasteiger partial charge on any atom is -0.370 e. The number of nitrogens with zero attached hydrogens (tertiary/aromatic N) is 1. The molecule has 0 radical (unpaired) electrons. The molecule has 0 aliphatic carbocycles. The van der Waals surface area contributed by atoms with Crippen LogP contribution >= 0.6 is 24.0 Å². The number of hydrogen-bond acceptors (Lipinski definition) is 3. The molecule has 0 aromatic heterocycles. The van der Waals surface area contributed by atoms with Crippen LogP contribution in [0, 0.1) is 13.8 Å². The van der Waals surface area contributed by atoms with Crippen molar-refractivity contribution in [1.82, 2.24) is 0 Å². The molecule has 2 aromatic carbocycles. The van der Waals surface area contributed by atoms with E-state index in [0.29, 0.717) is 4.90 Å². The van der Waals surface area contributed by atoms with Gasteiger partial charge in [-0.05, 0) is 60.2 Å². The highest BCUT2D eigenvalue weighted by molar-refractivity contribution is 14.0. The summed E-state index contributed by atoms with van der Waals surface area (Å²) in [6.45, 7) is 10.4. The van der Waals surface area contributed by atoms with Crippen molar-refractivity contribution in [1.29, 1.82) is 0 Å². The van der Waals surface area contributed by atoms with Crippen molar-refractivity contribution < 1.29 is 8.42 Å². The molecule has 0 spiro atoms. The van der Waals surface area contributed by atoms with Gasteiger partial charge in [0.2, 0.25) is 0 Å². The Bertz CT molecular complexity index is 911. The van der Waals surface area contributed by atoms with E-state index in [1.165, 1.54) is 0 Å². The quantitative estimate of drug-likeness (QED) is 0.351. The molecule has 0 atom stereocenters. The Morgan fingerprint density at radius 2 is 1.57 bits per heavy atom. The van der Waals surface area contributed by atoms with E-state index in [0.717, 1.165) is 22.4 Å². The Labute approximate surface area is 185 Å². The van der Waals surface area contributed by atoms with Crippen molar-refractivity contribution in [3.05, 3.63) is 59.2 Å². The van der Waals surface area contributed by atoms with Crippen molar-refractivity contribution in [2.45, 2.75) is 44.9 Å². The number of nitrogens with one attached hydrogen (secondary N) is 1. The zero-order chi connectivity index (χ0) is 20.2. The zero-order valence-corrected chi connectivity index (χ0v) is 20.3. The third-order valence-corrected chi connectivity index (χ3v) is 5.93. The van der Waals surface area contributed by atoms with Gasteiger partial charge in [-0.3, -0.25) is 4.99 Å². The minimum atomic E-state index is -3.39. The lowest BCUT2D eigenvalue weighted by molar-refractivity contribution is 0.586. The molecule has 3 N–H and O–H groups in total. The summed E-state index contributed by atoms with van der Waals surface area (Å²) in [5.74, 6) is 0.121. The van der Waals surface area contributed by atoms with Gasteiger partial charge < -0.3 is 11.1 Å². The van der Waals surface area contributed by atoms with Crippen LogP contribution in [-0.2, 0) is 15.3 Å². The summed E-state index contributed by atoms with van der Waals surface area (Å²) in [7, 11) is -3.39. The molecular formula is C21H30IN3O2S. The number of nitrogens with two attached hydrogens (primary N) is 1. The number of guanidine groups is 1. The number of aliphatic imine (C=N–C) groups is 1. The fraction of sp³-hybridized carbons (Fsp3) is 0.381. The van der Waals surface area contributed by atoms with E-state index < -0.39 is 9.84 Å². The Kier molecular flexibility index (Phi) is 8.49. The lowest BCUT2D eigenvalue weighted by atomic mass is 9.87. The van der Waals surface area contributed by atoms with E-state index in [9.17, 15) is 8.42 Å². The maximum atomic E-state index is 12.5. The van der Waals surface area contributed by atoms with E-state index in [4.69, 9.17) is 5.73 Å². The van der Waals surface area contributed by atoms with Gasteiger partial charge in [0.05, 0.1) is 17.2 Å². The predicted octanol–water partition coefficient (Wildman–Crippen LogP) is 4.42. The molecular weight excluding hydrogens is 485 g/mol. The van der Waals surface area contributed by atoms with Crippen LogP contribution in [0.2, 0.25) is 0 Å². The van der Waals surface area contributed by atoms with Gasteiger partial charge in [0.15, 0.2) is 15.8 Å². The molecule has 0 aliphatic heterocycles. The molecule has 0 bridgehead atoms. The second-order valence-corrected chi connectivity index (χ2v) is 9.97. The number of rotatable bonds is 5. The summed E-state index contributed by atoms with van der Waals surface area (Å²) >= 11 is 0. The molecule has 2 rings (SSSR count). The first-order valence-electron chi connectivity index (χ1n) is 8.96. The lowest BCUT2D eigenvalue weighted by Gasteiger charge is -2.19. The van der Waals surface area contributed by atoms with Gasteiger partial charge >= 0.3 is 0 Å². The van der Waals surface area contributed by atoms with Crippen LogP contribution in [0.5, 0.6) is 0 Å². The summed E-state index contributed by atoms with van der Waals surface area (Å²) < 4.78 is 25.0. The van der Waals surface area contributed by atoms with Crippen molar-refractivity contribution in [3.8, 4) is 0 Å². The van der Waals surface area contributed by atoms with Crippen LogP contribution < -0.4 is 11.1 Å². The maximum absolute atomic E-state index is 12.5. The molecule has 28 heavy (non-hydrogen) atoms. The summed E-state index contributed by atoms with van der Waals surface area (Å²) in [6.07, 6.45) is 0. The molecule has 0 saturated heterocycles. The van der Waals surface area contributed by atoms with Gasteiger partial charge in [-0.25, -0.2) is 8.42 Å². The average molecular weight is 515 g/mol. The molecule has 2 aromatic rings. The standard InChI is InChI=1S/C21H29N3O2S.HI/c1-15-12-16(2)14-18(13-15)24-20(22)23-10-11-27(25,26)19-8-6-17(7-9-19)21(3,4)5;/h6-9,12-14H,10-11H2,1-5H3,(H3,22,23,24);1H. The first-order valence-corrected chi connectivity index (χ1v) is 10.6. The molecule has 0 unspecified atom stereocenters. The van der Waals surface area contributed by atoms with E-state index in [1.54, 1.807) is 12.1 Å². The molecule has 5 nitrogen and oxygen atoms in total. The third-order valence-electron chi connectivity index (χ3n) is 4.22. The molecule has 0 aliphatic rings. The maximum Gasteiger partial charge on any atom is 0.193 e. The van der Waals surface area contributed by atoms with Crippen LogP contribution in [0.1, 0.15) is 37.5 Å². The number of hydrogen-bond donors (Lipinski definition) is 2. The van der Waals surface area contributed by atoms with Crippen molar-refractivity contribution in [3.63, 3.8) is 0 Å². The number of aryl methyl sites for hydroxylation is 2. The summed E-state index contributed by atoms with van der Waals surface area (Å²) in [4.78, 5) is 4.46. The molecule has 154 valence electrons. The molecule has 0 amide bonds. The summed E-state index contributed by atoms with van der Waals surface area (Å²) in [5, 5.41) is 3.01. The molecule has 0 heterocycles. The molecule has 0 saturated carbocycles. The number of anilines is 1. The summed E-state index contributed by atoms with van der Waals surface area (Å²) in [6, 6.07) is 13.0. The normalized spacial score (nSPS) is 12.4. The lowest BCUT2D eigenvalue weighted by Crippen LogP contribution is -2.24. The van der Waals surface area contributed by atoms with Crippen LogP contribution in [-0.4, -0.2) is 26.7 Å². The van der Waals surface area contributed by atoms with Crippen molar-refractivity contribution in [2.75, 3.05) is 17.6 Å². The van der Waals surface area contributed by atoms with Gasteiger partial charge in [0, 0.05) is 5.69 Å². The van der Waals surface area contributed by atoms with Gasteiger partial charge in [-0.15, -0.1) is 24.0 Å². The highest BCUT2D eigenvalue weighted by Crippen LogP contribution is 2.23. The zero-order valence-electron chi connectivity index (χ0n) is 17.1. The highest BCUT2D eigenvalue weighted by Gasteiger charge is 2.17. The Balaban J connectivity index is 0.00000392. The highest BCUT2D eigenvalue weighted by atomic mass is 127. The largest absolute Gasteiger partial charge is 0.370 e. The Morgan fingerprint density at radius 1 is 1.04 bits per heavy atom.